The molecule has 0 atom stereocenters. The van der Waals surface area contributed by atoms with Crippen molar-refractivity contribution in [1.29, 1.82) is 0 Å². The Morgan fingerprint density at radius 1 is 0.413 bits per heavy atom. The van der Waals surface area contributed by atoms with E-state index in [-0.39, 0.29) is 11.6 Å². The third-order valence-corrected chi connectivity index (χ3v) is 14.6. The van der Waals surface area contributed by atoms with Gasteiger partial charge in [-0.25, -0.2) is 18.7 Å². The second kappa shape index (κ2) is 10.3. The van der Waals surface area contributed by atoms with E-state index in [9.17, 15) is 0 Å². The summed E-state index contributed by atoms with van der Waals surface area (Å²) in [6.45, 7) is 0. The molecule has 0 saturated carbocycles. The van der Waals surface area contributed by atoms with Crippen molar-refractivity contribution in [2.75, 3.05) is 0 Å². The van der Waals surface area contributed by atoms with Crippen LogP contribution in [0.3, 0.4) is 0 Å². The highest BCUT2D eigenvalue weighted by Crippen LogP contribution is 2.46. The van der Waals surface area contributed by atoms with Gasteiger partial charge in [-0.3, -0.25) is 0 Å². The van der Waals surface area contributed by atoms with Crippen molar-refractivity contribution < 1.29 is 8.78 Å². The molecule has 0 amide bonds. The van der Waals surface area contributed by atoms with Gasteiger partial charge >= 0.3 is 0 Å². The van der Waals surface area contributed by atoms with E-state index in [1.165, 1.54) is 32.1 Å². The molecule has 6 heterocycles. The Morgan fingerprint density at radius 3 is 1.35 bits per heavy atom. The minimum atomic E-state index is -0.193. The first-order chi connectivity index (χ1) is 22.5. The van der Waals surface area contributed by atoms with Crippen LogP contribution >= 0.6 is 68.0 Å². The van der Waals surface area contributed by atoms with Gasteiger partial charge in [0.15, 0.2) is 0 Å². The van der Waals surface area contributed by atoms with Gasteiger partial charge < -0.3 is 0 Å². The molecule has 220 valence electrons. The van der Waals surface area contributed by atoms with Crippen LogP contribution in [0.1, 0.15) is 0 Å². The molecule has 0 saturated heterocycles. The highest BCUT2D eigenvalue weighted by atomic mass is 32.1. The Balaban J connectivity index is 0.998. The van der Waals surface area contributed by atoms with Crippen LogP contribution in [0.5, 0.6) is 0 Å². The normalized spacial score (nSPS) is 12.1. The lowest BCUT2D eigenvalue weighted by Gasteiger charge is -1.99. The number of nitrogens with zero attached hydrogens (tertiary/aromatic N) is 2. The molecule has 0 fully saturated rings. The van der Waals surface area contributed by atoms with Crippen molar-refractivity contribution in [3.8, 4) is 40.4 Å². The van der Waals surface area contributed by atoms with E-state index in [4.69, 9.17) is 0 Å². The molecule has 10 heteroatoms. The van der Waals surface area contributed by atoms with E-state index in [0.29, 0.717) is 9.75 Å². The van der Waals surface area contributed by atoms with Crippen molar-refractivity contribution in [1.82, 2.24) is 9.97 Å². The maximum Gasteiger partial charge on any atom is 0.142 e. The Morgan fingerprint density at radius 2 is 0.870 bits per heavy atom. The summed E-state index contributed by atoms with van der Waals surface area (Å²) in [5, 5.41) is 4.61. The monoisotopic (exact) mass is 706 g/mol. The third-order valence-electron chi connectivity index (χ3n) is 8.16. The summed E-state index contributed by atoms with van der Waals surface area (Å²) in [4.78, 5) is 14.0. The summed E-state index contributed by atoms with van der Waals surface area (Å²) < 4.78 is 34.9. The van der Waals surface area contributed by atoms with E-state index >= 15 is 8.78 Å². The van der Waals surface area contributed by atoms with Crippen LogP contribution in [-0.2, 0) is 0 Å². The number of aromatic nitrogens is 2. The second-order valence-electron chi connectivity index (χ2n) is 11.0. The molecular weight excluding hydrogens is 691 g/mol. The van der Waals surface area contributed by atoms with Crippen molar-refractivity contribution in [2.45, 2.75) is 0 Å². The third kappa shape index (κ3) is 4.40. The van der Waals surface area contributed by atoms with E-state index in [2.05, 4.69) is 46.4 Å². The topological polar surface area (TPSA) is 25.8 Å². The van der Waals surface area contributed by atoms with Crippen LogP contribution in [0.15, 0.2) is 96.0 Å². The Hall–Kier alpha value is -3.90. The molecule has 0 aliphatic heterocycles. The number of thiazole rings is 2. The Kier molecular flexibility index (Phi) is 6.10. The average Bonchev–Trinajstić information content (AvgIpc) is 3.90. The summed E-state index contributed by atoms with van der Waals surface area (Å²) in [5.41, 5.74) is 7.29. The number of hydrogen-bond acceptors (Lipinski definition) is 8. The molecule has 0 radical (unpaired) electrons. The van der Waals surface area contributed by atoms with Crippen LogP contribution < -0.4 is 0 Å². The fourth-order valence-electron chi connectivity index (χ4n) is 5.93. The zero-order chi connectivity index (χ0) is 30.5. The van der Waals surface area contributed by atoms with Crippen molar-refractivity contribution in [3.63, 3.8) is 0 Å². The van der Waals surface area contributed by atoms with Crippen molar-refractivity contribution in [2.24, 2.45) is 0 Å². The fraction of sp³-hybridized carbons (Fsp3) is 0. The number of hydrogen-bond donors (Lipinski definition) is 0. The largest absolute Gasteiger partial charge is 0.245 e. The molecule has 0 unspecified atom stereocenters. The van der Waals surface area contributed by atoms with Crippen molar-refractivity contribution in [3.05, 3.63) is 108 Å². The van der Waals surface area contributed by atoms with Gasteiger partial charge in [-0.2, -0.15) is 0 Å². The van der Waals surface area contributed by atoms with Crippen LogP contribution in [-0.4, -0.2) is 9.97 Å². The predicted octanol–water partition coefficient (Wildman–Crippen LogP) is 13.6. The fourth-order valence-corrected chi connectivity index (χ4v) is 11.8. The van der Waals surface area contributed by atoms with Crippen LogP contribution in [0.25, 0.3) is 91.8 Å². The zero-order valence-electron chi connectivity index (χ0n) is 23.3. The average molecular weight is 707 g/mol. The first-order valence-corrected chi connectivity index (χ1v) is 19.2. The van der Waals surface area contributed by atoms with Gasteiger partial charge in [0.2, 0.25) is 0 Å². The van der Waals surface area contributed by atoms with Gasteiger partial charge in [-0.15, -0.1) is 68.0 Å². The summed E-state index contributed by atoms with van der Waals surface area (Å²) in [7, 11) is 0. The van der Waals surface area contributed by atoms with Crippen LogP contribution in [0.4, 0.5) is 8.78 Å². The molecule has 46 heavy (non-hydrogen) atoms. The van der Waals surface area contributed by atoms with Crippen LogP contribution in [0.2, 0.25) is 0 Å². The molecule has 4 aromatic carbocycles. The lowest BCUT2D eigenvalue weighted by atomic mass is 10.1. The molecule has 6 aromatic heterocycles. The lowest BCUT2D eigenvalue weighted by Crippen LogP contribution is -1.76. The van der Waals surface area contributed by atoms with Crippen molar-refractivity contribution >= 4 is 119 Å². The predicted molar refractivity (Wildman–Crippen MR) is 198 cm³/mol. The minimum absolute atomic E-state index is 0.193. The minimum Gasteiger partial charge on any atom is -0.245 e. The zero-order valence-corrected chi connectivity index (χ0v) is 28.2. The highest BCUT2D eigenvalue weighted by molar-refractivity contribution is 7.28. The summed E-state index contributed by atoms with van der Waals surface area (Å²) >= 11 is 9.51. The molecule has 0 bridgehead atoms. The standard InChI is InChI=1S/C36H16F2N2S6/c37-23-13-33(45-35(23)17-1-3-25-29(7-17)41-15-39-25)31-11-21-5-19-10-28-22(6-20(19)9-27(21)43-31)12-32(44-28)34-14-24(38)36(46-34)18-2-4-26-30(8-18)42-16-40-26/h1-16H. The molecule has 0 aliphatic carbocycles. The number of halogens is 2. The number of rotatable bonds is 4. The quantitative estimate of drug-likeness (QED) is 0.182. The Labute approximate surface area is 284 Å². The van der Waals surface area contributed by atoms with Gasteiger partial charge in [0.25, 0.3) is 0 Å². The molecule has 0 spiro atoms. The van der Waals surface area contributed by atoms with Gasteiger partial charge in [0, 0.05) is 28.9 Å². The van der Waals surface area contributed by atoms with E-state index in [1.807, 2.05) is 47.4 Å². The van der Waals surface area contributed by atoms with E-state index < -0.39 is 0 Å². The summed E-state index contributed by atoms with van der Waals surface area (Å²) in [6, 6.07) is 28.5. The SMILES string of the molecule is Fc1cc(-c2cc3cc4cc5sc(-c6cc(F)c(-c7ccc8ncsc8c7)s6)cc5cc4cc3s2)sc1-c1ccc2ncsc2c1. The molecule has 10 rings (SSSR count). The first-order valence-electron chi connectivity index (χ1n) is 14.2. The Bertz CT molecular complexity index is 2550. The van der Waals surface area contributed by atoms with Gasteiger partial charge in [-0.1, -0.05) is 12.1 Å². The first kappa shape index (κ1) is 27.2. The van der Waals surface area contributed by atoms with E-state index in [0.717, 1.165) is 72.6 Å². The number of benzene rings is 4. The van der Waals surface area contributed by atoms with Gasteiger partial charge in [0.05, 0.1) is 41.2 Å². The van der Waals surface area contributed by atoms with Gasteiger partial charge in [-0.05, 0) is 105 Å². The molecular formula is C36H16F2N2S6. The number of fused-ring (bicyclic) bond motifs is 5. The van der Waals surface area contributed by atoms with Crippen LogP contribution in [0, 0.1) is 11.6 Å². The summed E-state index contributed by atoms with van der Waals surface area (Å²) in [6.07, 6.45) is 0. The molecule has 0 aliphatic rings. The maximum atomic E-state index is 15.2. The maximum absolute atomic E-state index is 15.2. The van der Waals surface area contributed by atoms with Gasteiger partial charge in [0.1, 0.15) is 11.6 Å². The lowest BCUT2D eigenvalue weighted by molar-refractivity contribution is 0.636. The highest BCUT2D eigenvalue weighted by Gasteiger charge is 2.18. The summed E-state index contributed by atoms with van der Waals surface area (Å²) in [5.74, 6) is -0.387. The molecule has 2 nitrogen and oxygen atoms in total. The number of thiophene rings is 4. The molecule has 0 N–H and O–H groups in total. The smallest absolute Gasteiger partial charge is 0.142 e. The second-order valence-corrected chi connectivity index (χ2v) is 17.0. The molecule has 10 aromatic rings. The van der Waals surface area contributed by atoms with E-state index in [1.54, 1.807) is 57.5 Å².